The lowest BCUT2D eigenvalue weighted by atomic mass is 10.0. The van der Waals surface area contributed by atoms with Gasteiger partial charge >= 0.3 is 5.97 Å². The van der Waals surface area contributed by atoms with Crippen LogP contribution in [0.5, 0.6) is 0 Å². The van der Waals surface area contributed by atoms with Gasteiger partial charge in [0.1, 0.15) is 0 Å². The molecule has 0 aliphatic carbocycles. The third kappa shape index (κ3) is 1.99. The minimum absolute atomic E-state index is 0.252. The van der Waals surface area contributed by atoms with Crippen LogP contribution in [0.4, 0.5) is 0 Å². The number of carboxylic acids is 1. The van der Waals surface area contributed by atoms with E-state index in [2.05, 4.69) is 4.98 Å². The van der Waals surface area contributed by atoms with Gasteiger partial charge in [0, 0.05) is 11.3 Å². The maximum atomic E-state index is 12.3. The van der Waals surface area contributed by atoms with Crippen LogP contribution in [0.25, 0.3) is 10.9 Å². The smallest absolute Gasteiger partial charge is 0.308 e. The Kier molecular flexibility index (Phi) is 3.13. The lowest BCUT2D eigenvalue weighted by molar-refractivity contribution is -0.136. The molecule has 0 radical (unpaired) electrons. The largest absolute Gasteiger partial charge is 0.481 e. The molecule has 0 aliphatic rings. The van der Waals surface area contributed by atoms with Crippen molar-refractivity contribution in [2.45, 2.75) is 20.3 Å². The van der Waals surface area contributed by atoms with E-state index in [1.54, 1.807) is 13.0 Å². The van der Waals surface area contributed by atoms with Crippen molar-refractivity contribution >= 4 is 28.5 Å². The zero-order valence-electron chi connectivity index (χ0n) is 10.0. The molecule has 18 heavy (non-hydrogen) atoms. The number of aromatic nitrogens is 1. The Bertz CT molecular complexity index is 703. The van der Waals surface area contributed by atoms with Crippen LogP contribution in [0.2, 0.25) is 5.02 Å². The van der Waals surface area contributed by atoms with Crippen molar-refractivity contribution < 1.29 is 9.90 Å². The first kappa shape index (κ1) is 12.6. The van der Waals surface area contributed by atoms with Gasteiger partial charge in [-0.1, -0.05) is 17.7 Å². The molecule has 2 aromatic rings. The molecule has 0 saturated heterocycles. The molecule has 0 amide bonds. The zero-order valence-corrected chi connectivity index (χ0v) is 10.8. The molecule has 1 aromatic carbocycles. The van der Waals surface area contributed by atoms with Crippen LogP contribution in [0.1, 0.15) is 16.8 Å². The summed E-state index contributed by atoms with van der Waals surface area (Å²) in [6, 6.07) is 3.46. The van der Waals surface area contributed by atoms with Gasteiger partial charge < -0.3 is 10.1 Å². The van der Waals surface area contributed by atoms with Gasteiger partial charge in [-0.05, 0) is 25.5 Å². The lowest BCUT2D eigenvalue weighted by Crippen LogP contribution is -2.17. The minimum atomic E-state index is -1.04. The Labute approximate surface area is 108 Å². The summed E-state index contributed by atoms with van der Waals surface area (Å²) in [5, 5.41) is 9.52. The predicted molar refractivity (Wildman–Crippen MR) is 70.4 cm³/mol. The Morgan fingerprint density at radius 3 is 2.67 bits per heavy atom. The van der Waals surface area contributed by atoms with Gasteiger partial charge in [-0.3, -0.25) is 9.59 Å². The molecule has 0 atom stereocenters. The Balaban J connectivity index is 2.89. The van der Waals surface area contributed by atoms with Crippen LogP contribution in [0.15, 0.2) is 16.9 Å². The number of carboxylic acid groups (broad SMARTS) is 1. The van der Waals surface area contributed by atoms with Crippen LogP contribution < -0.4 is 5.43 Å². The monoisotopic (exact) mass is 265 g/mol. The zero-order chi connectivity index (χ0) is 13.4. The highest BCUT2D eigenvalue weighted by molar-refractivity contribution is 6.35. The molecule has 94 valence electrons. The fourth-order valence-corrected chi connectivity index (χ4v) is 2.26. The van der Waals surface area contributed by atoms with E-state index in [0.717, 1.165) is 5.56 Å². The Morgan fingerprint density at radius 2 is 2.06 bits per heavy atom. The Morgan fingerprint density at radius 1 is 1.39 bits per heavy atom. The number of pyridine rings is 1. The summed E-state index contributed by atoms with van der Waals surface area (Å²) in [5.41, 5.74) is 2.08. The second-order valence-corrected chi connectivity index (χ2v) is 4.65. The highest BCUT2D eigenvalue weighted by Crippen LogP contribution is 2.23. The molecule has 0 aliphatic heterocycles. The summed E-state index contributed by atoms with van der Waals surface area (Å²) < 4.78 is 0. The standard InChI is InChI=1S/C13H12ClNO3/c1-6-3-4-9(14)11-12(6)15-7(2)8(13(11)18)5-10(16)17/h3-4H,5H2,1-2H3,(H,15,18)(H,16,17). The number of hydrogen-bond donors (Lipinski definition) is 2. The number of aliphatic carboxylic acids is 1. The third-order valence-electron chi connectivity index (χ3n) is 2.96. The maximum Gasteiger partial charge on any atom is 0.308 e. The first-order valence-corrected chi connectivity index (χ1v) is 5.82. The molecule has 1 heterocycles. The van der Waals surface area contributed by atoms with Crippen LogP contribution in [-0.4, -0.2) is 16.1 Å². The summed E-state index contributed by atoms with van der Waals surface area (Å²) in [4.78, 5) is 26.1. The SMILES string of the molecule is Cc1[nH]c2c(C)ccc(Cl)c2c(=O)c1CC(=O)O. The van der Waals surface area contributed by atoms with Crippen molar-refractivity contribution in [3.63, 3.8) is 0 Å². The minimum Gasteiger partial charge on any atom is -0.481 e. The molecule has 0 saturated carbocycles. The molecular formula is C13H12ClNO3. The van der Waals surface area contributed by atoms with Gasteiger partial charge in [-0.25, -0.2) is 0 Å². The van der Waals surface area contributed by atoms with E-state index in [4.69, 9.17) is 16.7 Å². The highest BCUT2D eigenvalue weighted by Gasteiger charge is 2.15. The number of aryl methyl sites for hydroxylation is 2. The van der Waals surface area contributed by atoms with Crippen LogP contribution in [0, 0.1) is 13.8 Å². The average Bonchev–Trinajstić information content (AvgIpc) is 2.28. The fourth-order valence-electron chi connectivity index (χ4n) is 2.01. The second-order valence-electron chi connectivity index (χ2n) is 4.24. The molecule has 5 heteroatoms. The lowest BCUT2D eigenvalue weighted by Gasteiger charge is -2.09. The number of halogens is 1. The summed E-state index contributed by atoms with van der Waals surface area (Å²) in [5.74, 6) is -1.04. The topological polar surface area (TPSA) is 70.2 Å². The van der Waals surface area contributed by atoms with Gasteiger partial charge in [-0.15, -0.1) is 0 Å². The summed E-state index contributed by atoms with van der Waals surface area (Å²) in [6.07, 6.45) is -0.304. The number of carbonyl (C=O) groups is 1. The van der Waals surface area contributed by atoms with Gasteiger partial charge in [0.15, 0.2) is 5.43 Å². The molecule has 2 N–H and O–H groups in total. The van der Waals surface area contributed by atoms with Crippen molar-refractivity contribution in [3.8, 4) is 0 Å². The van der Waals surface area contributed by atoms with E-state index < -0.39 is 5.97 Å². The van der Waals surface area contributed by atoms with E-state index >= 15 is 0 Å². The molecule has 4 nitrogen and oxygen atoms in total. The van der Waals surface area contributed by atoms with E-state index in [0.29, 0.717) is 21.6 Å². The van der Waals surface area contributed by atoms with Gasteiger partial charge in [0.25, 0.3) is 0 Å². The number of benzene rings is 1. The summed E-state index contributed by atoms with van der Waals surface area (Å²) in [7, 11) is 0. The molecule has 2 rings (SSSR count). The number of rotatable bonds is 2. The van der Waals surface area contributed by atoms with Crippen LogP contribution >= 0.6 is 11.6 Å². The molecule has 0 spiro atoms. The van der Waals surface area contributed by atoms with E-state index in [1.807, 2.05) is 13.0 Å². The van der Waals surface area contributed by atoms with Crippen LogP contribution in [-0.2, 0) is 11.2 Å². The predicted octanol–water partition coefficient (Wildman–Crippen LogP) is 2.43. The normalized spacial score (nSPS) is 10.8. The third-order valence-corrected chi connectivity index (χ3v) is 3.27. The second kappa shape index (κ2) is 4.46. The molecular weight excluding hydrogens is 254 g/mol. The van der Waals surface area contributed by atoms with Crippen molar-refractivity contribution in [1.29, 1.82) is 0 Å². The van der Waals surface area contributed by atoms with Crippen molar-refractivity contribution in [1.82, 2.24) is 4.98 Å². The molecule has 0 unspecified atom stereocenters. The highest BCUT2D eigenvalue weighted by atomic mass is 35.5. The number of hydrogen-bond acceptors (Lipinski definition) is 2. The fraction of sp³-hybridized carbons (Fsp3) is 0.231. The Hall–Kier alpha value is -1.81. The molecule has 0 fully saturated rings. The van der Waals surface area contributed by atoms with E-state index in [9.17, 15) is 9.59 Å². The first-order valence-electron chi connectivity index (χ1n) is 5.44. The molecule has 1 aromatic heterocycles. The first-order chi connectivity index (χ1) is 8.41. The van der Waals surface area contributed by atoms with Crippen LogP contribution in [0.3, 0.4) is 0 Å². The van der Waals surface area contributed by atoms with Crippen molar-refractivity contribution in [2.75, 3.05) is 0 Å². The number of nitrogens with one attached hydrogen (secondary N) is 1. The van der Waals surface area contributed by atoms with Gasteiger partial charge in [-0.2, -0.15) is 0 Å². The van der Waals surface area contributed by atoms with E-state index in [-0.39, 0.29) is 17.4 Å². The number of aromatic amines is 1. The van der Waals surface area contributed by atoms with Gasteiger partial charge in [0.2, 0.25) is 0 Å². The molecule has 0 bridgehead atoms. The number of H-pyrrole nitrogens is 1. The number of fused-ring (bicyclic) bond motifs is 1. The summed E-state index contributed by atoms with van der Waals surface area (Å²) >= 11 is 6.03. The van der Waals surface area contributed by atoms with E-state index in [1.165, 1.54) is 0 Å². The quantitative estimate of drug-likeness (QED) is 0.876. The average molecular weight is 266 g/mol. The maximum absolute atomic E-state index is 12.3. The van der Waals surface area contributed by atoms with Gasteiger partial charge in [0.05, 0.1) is 22.3 Å². The van der Waals surface area contributed by atoms with Crippen molar-refractivity contribution in [3.05, 3.63) is 44.2 Å². The summed E-state index contributed by atoms with van der Waals surface area (Å²) in [6.45, 7) is 3.56. The van der Waals surface area contributed by atoms with Crippen molar-refractivity contribution in [2.24, 2.45) is 0 Å².